The molecule has 0 unspecified atom stereocenters. The number of ether oxygens (including phenoxy) is 2. The number of rotatable bonds is 6. The molecule has 0 bridgehead atoms. The Balaban J connectivity index is 2.37. The standard InChI is InChI=1S/C15H23BrN2O3/c1-15(2,3)21-14(19)18-5-6-20-13-8-11(10-17-4)7-12(16)9-13/h7-9,17H,5-6,10H2,1-4H3,(H,18,19). The maximum absolute atomic E-state index is 11.5. The minimum absolute atomic E-state index is 0.384. The molecule has 0 spiro atoms. The Morgan fingerprint density at radius 1 is 1.29 bits per heavy atom. The predicted octanol–water partition coefficient (Wildman–Crippen LogP) is 3.07. The predicted molar refractivity (Wildman–Crippen MR) is 86.6 cm³/mol. The van der Waals surface area contributed by atoms with Crippen LogP contribution in [0.4, 0.5) is 4.79 Å². The second kappa shape index (κ2) is 8.24. The van der Waals surface area contributed by atoms with Gasteiger partial charge in [0.15, 0.2) is 0 Å². The highest BCUT2D eigenvalue weighted by Crippen LogP contribution is 2.21. The van der Waals surface area contributed by atoms with Crippen molar-refractivity contribution in [1.82, 2.24) is 10.6 Å². The molecule has 0 aliphatic rings. The van der Waals surface area contributed by atoms with Gasteiger partial charge in [0.1, 0.15) is 18.0 Å². The fraction of sp³-hybridized carbons (Fsp3) is 0.533. The van der Waals surface area contributed by atoms with Gasteiger partial charge in [-0.25, -0.2) is 4.79 Å². The molecule has 1 aromatic carbocycles. The van der Waals surface area contributed by atoms with Crippen molar-refractivity contribution in [3.8, 4) is 5.75 Å². The molecular weight excluding hydrogens is 336 g/mol. The highest BCUT2D eigenvalue weighted by atomic mass is 79.9. The molecule has 0 aliphatic carbocycles. The number of halogens is 1. The number of nitrogens with one attached hydrogen (secondary N) is 2. The number of carbonyl (C=O) groups is 1. The average Bonchev–Trinajstić information content (AvgIpc) is 2.32. The Morgan fingerprint density at radius 2 is 2.00 bits per heavy atom. The molecule has 0 saturated carbocycles. The van der Waals surface area contributed by atoms with E-state index in [9.17, 15) is 4.79 Å². The summed E-state index contributed by atoms with van der Waals surface area (Å²) >= 11 is 3.45. The lowest BCUT2D eigenvalue weighted by atomic mass is 10.2. The number of benzene rings is 1. The smallest absolute Gasteiger partial charge is 0.407 e. The van der Waals surface area contributed by atoms with Gasteiger partial charge in [0.2, 0.25) is 0 Å². The van der Waals surface area contributed by atoms with E-state index in [2.05, 4.69) is 26.6 Å². The third-order valence-corrected chi connectivity index (χ3v) is 2.81. The van der Waals surface area contributed by atoms with E-state index < -0.39 is 11.7 Å². The second-order valence-corrected chi connectivity index (χ2v) is 6.52. The first-order chi connectivity index (χ1) is 9.80. The van der Waals surface area contributed by atoms with E-state index >= 15 is 0 Å². The first-order valence-corrected chi connectivity index (χ1v) is 7.63. The van der Waals surface area contributed by atoms with Gasteiger partial charge in [-0.05, 0) is 51.6 Å². The van der Waals surface area contributed by atoms with Crippen LogP contribution < -0.4 is 15.4 Å². The molecule has 21 heavy (non-hydrogen) atoms. The quantitative estimate of drug-likeness (QED) is 0.767. The van der Waals surface area contributed by atoms with Gasteiger partial charge in [0.05, 0.1) is 6.54 Å². The third kappa shape index (κ3) is 7.92. The van der Waals surface area contributed by atoms with Crippen molar-refractivity contribution in [3.63, 3.8) is 0 Å². The van der Waals surface area contributed by atoms with Gasteiger partial charge in [-0.3, -0.25) is 0 Å². The van der Waals surface area contributed by atoms with E-state index in [1.807, 2.05) is 46.0 Å². The first kappa shape index (κ1) is 17.8. The van der Waals surface area contributed by atoms with E-state index in [1.165, 1.54) is 0 Å². The monoisotopic (exact) mass is 358 g/mol. The maximum atomic E-state index is 11.5. The summed E-state index contributed by atoms with van der Waals surface area (Å²) in [5.41, 5.74) is 0.638. The molecule has 1 amide bonds. The highest BCUT2D eigenvalue weighted by molar-refractivity contribution is 9.10. The Bertz CT molecular complexity index is 472. The van der Waals surface area contributed by atoms with E-state index in [-0.39, 0.29) is 0 Å². The van der Waals surface area contributed by atoms with Gasteiger partial charge in [0, 0.05) is 11.0 Å². The lowest BCUT2D eigenvalue weighted by molar-refractivity contribution is 0.0520. The number of hydrogen-bond acceptors (Lipinski definition) is 4. The van der Waals surface area contributed by atoms with E-state index in [0.717, 1.165) is 22.3 Å². The molecule has 0 aromatic heterocycles. The average molecular weight is 359 g/mol. The molecule has 0 saturated heterocycles. The van der Waals surface area contributed by atoms with Crippen molar-refractivity contribution < 1.29 is 14.3 Å². The van der Waals surface area contributed by atoms with Crippen molar-refractivity contribution in [3.05, 3.63) is 28.2 Å². The van der Waals surface area contributed by atoms with E-state index in [4.69, 9.17) is 9.47 Å². The Morgan fingerprint density at radius 3 is 2.62 bits per heavy atom. The van der Waals surface area contributed by atoms with Crippen LogP contribution in [0.2, 0.25) is 0 Å². The number of alkyl carbamates (subject to hydrolysis) is 1. The lowest BCUT2D eigenvalue weighted by Gasteiger charge is -2.19. The summed E-state index contributed by atoms with van der Waals surface area (Å²) in [6.07, 6.45) is -0.434. The molecule has 1 rings (SSSR count). The van der Waals surface area contributed by atoms with Gasteiger partial charge in [-0.1, -0.05) is 15.9 Å². The van der Waals surface area contributed by atoms with Crippen LogP contribution in [-0.4, -0.2) is 31.9 Å². The fourth-order valence-corrected chi connectivity index (χ4v) is 2.17. The highest BCUT2D eigenvalue weighted by Gasteiger charge is 2.15. The largest absolute Gasteiger partial charge is 0.492 e. The zero-order valence-electron chi connectivity index (χ0n) is 13.0. The molecular formula is C15H23BrN2O3. The van der Waals surface area contributed by atoms with Crippen LogP contribution in [-0.2, 0) is 11.3 Å². The van der Waals surface area contributed by atoms with Gasteiger partial charge in [0.25, 0.3) is 0 Å². The van der Waals surface area contributed by atoms with Crippen molar-refractivity contribution in [1.29, 1.82) is 0 Å². The van der Waals surface area contributed by atoms with Gasteiger partial charge in [-0.15, -0.1) is 0 Å². The Hall–Kier alpha value is -1.27. The summed E-state index contributed by atoms with van der Waals surface area (Å²) in [4.78, 5) is 11.5. The van der Waals surface area contributed by atoms with Crippen molar-refractivity contribution in [2.24, 2.45) is 0 Å². The summed E-state index contributed by atoms with van der Waals surface area (Å²) < 4.78 is 11.7. The Kier molecular flexibility index (Phi) is 6.98. The van der Waals surface area contributed by atoms with Crippen LogP contribution in [0.15, 0.2) is 22.7 Å². The van der Waals surface area contributed by atoms with E-state index in [0.29, 0.717) is 13.2 Å². The molecule has 0 atom stereocenters. The van der Waals surface area contributed by atoms with Gasteiger partial charge in [-0.2, -0.15) is 0 Å². The summed E-state index contributed by atoms with van der Waals surface area (Å²) in [6.45, 7) is 7.03. The molecule has 118 valence electrons. The molecule has 5 nitrogen and oxygen atoms in total. The van der Waals surface area contributed by atoms with Crippen molar-refractivity contribution in [2.45, 2.75) is 32.9 Å². The maximum Gasteiger partial charge on any atom is 0.407 e. The molecule has 0 aliphatic heterocycles. The number of hydrogen-bond donors (Lipinski definition) is 2. The molecule has 1 aromatic rings. The number of amides is 1. The topological polar surface area (TPSA) is 59.6 Å². The van der Waals surface area contributed by atoms with Crippen LogP contribution in [0.25, 0.3) is 0 Å². The van der Waals surface area contributed by atoms with Crippen LogP contribution in [0.3, 0.4) is 0 Å². The fourth-order valence-electron chi connectivity index (χ4n) is 1.65. The summed E-state index contributed by atoms with van der Waals surface area (Å²) in [7, 11) is 1.90. The SMILES string of the molecule is CNCc1cc(Br)cc(OCCNC(=O)OC(C)(C)C)c1. The number of carbonyl (C=O) groups excluding carboxylic acids is 1. The zero-order valence-corrected chi connectivity index (χ0v) is 14.5. The minimum atomic E-state index is -0.489. The molecule has 6 heteroatoms. The minimum Gasteiger partial charge on any atom is -0.492 e. The van der Waals surface area contributed by atoms with Gasteiger partial charge < -0.3 is 20.1 Å². The van der Waals surface area contributed by atoms with E-state index in [1.54, 1.807) is 0 Å². The first-order valence-electron chi connectivity index (χ1n) is 6.84. The van der Waals surface area contributed by atoms with Crippen LogP contribution in [0, 0.1) is 0 Å². The second-order valence-electron chi connectivity index (χ2n) is 5.60. The lowest BCUT2D eigenvalue weighted by Crippen LogP contribution is -2.34. The molecule has 0 heterocycles. The van der Waals surface area contributed by atoms with Crippen molar-refractivity contribution in [2.75, 3.05) is 20.2 Å². The van der Waals surface area contributed by atoms with Gasteiger partial charge >= 0.3 is 6.09 Å². The molecule has 0 radical (unpaired) electrons. The molecule has 0 fully saturated rings. The van der Waals surface area contributed by atoms with Crippen LogP contribution in [0.5, 0.6) is 5.75 Å². The van der Waals surface area contributed by atoms with Crippen molar-refractivity contribution >= 4 is 22.0 Å². The Labute approximate surface area is 134 Å². The molecule has 2 N–H and O–H groups in total. The zero-order chi connectivity index (χ0) is 15.9. The third-order valence-electron chi connectivity index (χ3n) is 2.35. The van der Waals surface area contributed by atoms with Crippen LogP contribution in [0.1, 0.15) is 26.3 Å². The normalized spacial score (nSPS) is 11.1. The van der Waals surface area contributed by atoms with Crippen LogP contribution >= 0.6 is 15.9 Å². The summed E-state index contributed by atoms with van der Waals surface area (Å²) in [5.74, 6) is 0.764. The summed E-state index contributed by atoms with van der Waals surface area (Å²) in [5, 5.41) is 5.75. The summed E-state index contributed by atoms with van der Waals surface area (Å²) in [6, 6.07) is 5.89.